The topological polar surface area (TPSA) is 47.6 Å². The van der Waals surface area contributed by atoms with Crippen LogP contribution in [0.25, 0.3) is 0 Å². The van der Waals surface area contributed by atoms with Crippen LogP contribution < -0.4 is 14.8 Å². The first-order chi connectivity index (χ1) is 11.0. The van der Waals surface area contributed by atoms with Crippen molar-refractivity contribution in [1.29, 1.82) is 0 Å². The zero-order chi connectivity index (χ0) is 16.8. The van der Waals surface area contributed by atoms with E-state index in [9.17, 15) is 9.18 Å². The number of hydrogen-bond donors (Lipinski definition) is 1. The highest BCUT2D eigenvalue weighted by Gasteiger charge is 2.08. The molecule has 0 atom stereocenters. The minimum absolute atomic E-state index is 0.183. The number of allylic oxidation sites excluding steroid dienone is 1. The predicted molar refractivity (Wildman–Crippen MR) is 87.8 cm³/mol. The fraction of sp³-hybridized carbons (Fsp3) is 0.167. The van der Waals surface area contributed by atoms with Gasteiger partial charge in [-0.05, 0) is 48.9 Å². The molecule has 0 radical (unpaired) electrons. The Morgan fingerprint density at radius 2 is 1.83 bits per heavy atom. The highest BCUT2D eigenvalue weighted by molar-refractivity contribution is 6.05. The van der Waals surface area contributed by atoms with Gasteiger partial charge in [0.05, 0.1) is 14.2 Å². The molecular weight excluding hydrogens is 297 g/mol. The number of carbonyl (C=O) groups excluding carboxylic acids is 1. The molecule has 0 heterocycles. The molecule has 0 bridgehead atoms. The van der Waals surface area contributed by atoms with Gasteiger partial charge in [-0.1, -0.05) is 0 Å². The number of nitrogens with one attached hydrogen (secondary N) is 1. The summed E-state index contributed by atoms with van der Waals surface area (Å²) in [7, 11) is 3.05. The van der Waals surface area contributed by atoms with E-state index in [-0.39, 0.29) is 11.6 Å². The monoisotopic (exact) mass is 315 g/mol. The van der Waals surface area contributed by atoms with Crippen LogP contribution in [0.2, 0.25) is 0 Å². The fourth-order valence-electron chi connectivity index (χ4n) is 2.03. The number of ketones is 1. The lowest BCUT2D eigenvalue weighted by molar-refractivity contribution is 0.104. The second-order valence-electron chi connectivity index (χ2n) is 4.88. The number of carbonyl (C=O) groups is 1. The summed E-state index contributed by atoms with van der Waals surface area (Å²) in [4.78, 5) is 12.1. The van der Waals surface area contributed by atoms with Crippen molar-refractivity contribution in [3.8, 4) is 11.5 Å². The van der Waals surface area contributed by atoms with Crippen LogP contribution in [-0.4, -0.2) is 20.0 Å². The van der Waals surface area contributed by atoms with Crippen LogP contribution in [-0.2, 0) is 0 Å². The van der Waals surface area contributed by atoms with Gasteiger partial charge in [-0.3, -0.25) is 4.79 Å². The van der Waals surface area contributed by atoms with E-state index in [1.807, 2.05) is 0 Å². The van der Waals surface area contributed by atoms with Gasteiger partial charge in [0.25, 0.3) is 0 Å². The summed E-state index contributed by atoms with van der Waals surface area (Å²) in [6.07, 6.45) is 2.92. The van der Waals surface area contributed by atoms with Crippen molar-refractivity contribution < 1.29 is 18.7 Å². The molecule has 2 rings (SSSR count). The molecule has 0 aliphatic rings. The number of benzene rings is 2. The van der Waals surface area contributed by atoms with Gasteiger partial charge in [0, 0.05) is 23.5 Å². The minimum atomic E-state index is -0.263. The summed E-state index contributed by atoms with van der Waals surface area (Å²) in [5.74, 6) is 0.611. The number of methoxy groups -OCH3 is 2. The van der Waals surface area contributed by atoms with E-state index in [4.69, 9.17) is 9.47 Å². The molecule has 120 valence electrons. The second kappa shape index (κ2) is 7.45. The van der Waals surface area contributed by atoms with Gasteiger partial charge in [-0.15, -0.1) is 0 Å². The molecule has 0 fully saturated rings. The van der Waals surface area contributed by atoms with Crippen LogP contribution in [0.3, 0.4) is 0 Å². The summed E-state index contributed by atoms with van der Waals surface area (Å²) in [6, 6.07) is 9.61. The van der Waals surface area contributed by atoms with Crippen molar-refractivity contribution in [1.82, 2.24) is 0 Å². The van der Waals surface area contributed by atoms with Gasteiger partial charge in [-0.25, -0.2) is 4.39 Å². The molecule has 4 nitrogen and oxygen atoms in total. The molecule has 0 aliphatic heterocycles. The molecule has 0 aliphatic carbocycles. The third-order valence-corrected chi connectivity index (χ3v) is 3.31. The van der Waals surface area contributed by atoms with Gasteiger partial charge in [-0.2, -0.15) is 0 Å². The van der Waals surface area contributed by atoms with Crippen molar-refractivity contribution in [3.63, 3.8) is 0 Å². The first kappa shape index (κ1) is 16.5. The lowest BCUT2D eigenvalue weighted by Gasteiger charge is -2.08. The molecule has 0 unspecified atom stereocenters. The molecule has 1 N–H and O–H groups in total. The van der Waals surface area contributed by atoms with Crippen LogP contribution in [0.5, 0.6) is 11.5 Å². The molecule has 0 saturated heterocycles. The number of ether oxygens (including phenoxy) is 2. The summed E-state index contributed by atoms with van der Waals surface area (Å²) in [5.41, 5.74) is 1.73. The van der Waals surface area contributed by atoms with E-state index >= 15 is 0 Å². The van der Waals surface area contributed by atoms with Crippen molar-refractivity contribution >= 4 is 11.5 Å². The third kappa shape index (κ3) is 4.10. The molecule has 2 aromatic carbocycles. The number of aryl methyl sites for hydroxylation is 1. The summed E-state index contributed by atoms with van der Waals surface area (Å²) >= 11 is 0. The molecule has 2 aromatic rings. The van der Waals surface area contributed by atoms with Gasteiger partial charge < -0.3 is 14.8 Å². The van der Waals surface area contributed by atoms with Crippen LogP contribution in [0.1, 0.15) is 15.9 Å². The third-order valence-electron chi connectivity index (χ3n) is 3.31. The average Bonchev–Trinajstić information content (AvgIpc) is 2.57. The maximum absolute atomic E-state index is 13.2. The van der Waals surface area contributed by atoms with Crippen LogP contribution in [0.15, 0.2) is 48.7 Å². The van der Waals surface area contributed by atoms with E-state index in [0.29, 0.717) is 28.3 Å². The molecule has 0 aromatic heterocycles. The highest BCUT2D eigenvalue weighted by atomic mass is 19.1. The molecule has 0 spiro atoms. The highest BCUT2D eigenvalue weighted by Crippen LogP contribution is 2.27. The smallest absolute Gasteiger partial charge is 0.187 e. The van der Waals surface area contributed by atoms with Crippen molar-refractivity contribution in [2.45, 2.75) is 6.92 Å². The molecule has 0 saturated carbocycles. The Hall–Kier alpha value is -2.82. The first-order valence-corrected chi connectivity index (χ1v) is 7.00. The van der Waals surface area contributed by atoms with Crippen LogP contribution in [0, 0.1) is 12.7 Å². The number of hydrogen-bond acceptors (Lipinski definition) is 4. The Labute approximate surface area is 134 Å². The second-order valence-corrected chi connectivity index (χ2v) is 4.88. The van der Waals surface area contributed by atoms with Gasteiger partial charge in [0.15, 0.2) is 17.3 Å². The zero-order valence-corrected chi connectivity index (χ0v) is 13.2. The Bertz CT molecular complexity index is 741. The van der Waals surface area contributed by atoms with E-state index in [1.165, 1.54) is 32.6 Å². The van der Waals surface area contributed by atoms with Crippen LogP contribution >= 0.6 is 0 Å². The minimum Gasteiger partial charge on any atom is -0.493 e. The zero-order valence-electron chi connectivity index (χ0n) is 13.2. The molecule has 0 amide bonds. The normalized spacial score (nSPS) is 10.6. The lowest BCUT2D eigenvalue weighted by atomic mass is 10.1. The molecular formula is C18H18FNO3. The van der Waals surface area contributed by atoms with E-state index < -0.39 is 0 Å². The molecule has 23 heavy (non-hydrogen) atoms. The fourth-order valence-corrected chi connectivity index (χ4v) is 2.03. The Morgan fingerprint density at radius 1 is 1.09 bits per heavy atom. The number of rotatable bonds is 6. The largest absolute Gasteiger partial charge is 0.493 e. The van der Waals surface area contributed by atoms with Gasteiger partial charge in [0.1, 0.15) is 5.82 Å². The number of anilines is 1. The summed E-state index contributed by atoms with van der Waals surface area (Å²) < 4.78 is 23.5. The standard InChI is InChI=1S/C18H18FNO3/c1-12-10-14(5-6-15(12)19)20-9-8-16(21)13-4-7-17(22-2)18(11-13)23-3/h4-11,20H,1-3H3/b9-8+. The molecule has 5 heteroatoms. The maximum Gasteiger partial charge on any atom is 0.187 e. The first-order valence-electron chi connectivity index (χ1n) is 7.00. The maximum atomic E-state index is 13.2. The SMILES string of the molecule is COc1ccc(C(=O)/C=C/Nc2ccc(F)c(C)c2)cc1OC. The van der Waals surface area contributed by atoms with Crippen molar-refractivity contribution in [2.24, 2.45) is 0 Å². The quantitative estimate of drug-likeness (QED) is 0.647. The van der Waals surface area contributed by atoms with Crippen molar-refractivity contribution in [3.05, 3.63) is 65.6 Å². The van der Waals surface area contributed by atoms with Crippen molar-refractivity contribution in [2.75, 3.05) is 19.5 Å². The summed E-state index contributed by atoms with van der Waals surface area (Å²) in [5, 5.41) is 2.94. The average molecular weight is 315 g/mol. The van der Waals surface area contributed by atoms with E-state index in [2.05, 4.69) is 5.32 Å². The Morgan fingerprint density at radius 3 is 2.48 bits per heavy atom. The van der Waals surface area contributed by atoms with Crippen LogP contribution in [0.4, 0.5) is 10.1 Å². The Balaban J connectivity index is 2.07. The summed E-state index contributed by atoms with van der Waals surface area (Å²) in [6.45, 7) is 1.68. The number of halogens is 1. The van der Waals surface area contributed by atoms with Gasteiger partial charge >= 0.3 is 0 Å². The van der Waals surface area contributed by atoms with Gasteiger partial charge in [0.2, 0.25) is 0 Å². The predicted octanol–water partition coefficient (Wildman–Crippen LogP) is 3.96. The Kier molecular flexibility index (Phi) is 5.36. The lowest BCUT2D eigenvalue weighted by Crippen LogP contribution is -1.99. The van der Waals surface area contributed by atoms with E-state index in [1.54, 1.807) is 37.3 Å². The van der Waals surface area contributed by atoms with E-state index in [0.717, 1.165) is 0 Å².